The standard InChI is InChI=1S/C21H29NO6/c1-10-4-6-22(7-5-10)16-12-8-13(26-20(12)25)15-11(2)19(24)27-14(15)9-21(3)18(28-21)17(16)23/h8,10-11,13-18,23H,4-7,9H2,1-3H3/t11?,13-,14+,15+,16+,17+,18+,21+/m1/s1. The van der Waals surface area contributed by atoms with Gasteiger partial charge in [-0.15, -0.1) is 0 Å². The molecule has 3 fully saturated rings. The molecule has 0 aromatic carbocycles. The van der Waals surface area contributed by atoms with Crippen molar-refractivity contribution in [1.82, 2.24) is 4.90 Å². The molecular formula is C21H29NO6. The van der Waals surface area contributed by atoms with Gasteiger partial charge < -0.3 is 19.3 Å². The van der Waals surface area contributed by atoms with Gasteiger partial charge in [0.1, 0.15) is 24.4 Å². The fourth-order valence-corrected chi connectivity index (χ4v) is 5.69. The molecule has 4 heterocycles. The minimum atomic E-state index is -0.818. The van der Waals surface area contributed by atoms with Crippen molar-refractivity contribution in [1.29, 1.82) is 0 Å². The Bertz CT molecular complexity index is 728. The van der Waals surface area contributed by atoms with Crippen LogP contribution in [0.2, 0.25) is 0 Å². The summed E-state index contributed by atoms with van der Waals surface area (Å²) in [5, 5.41) is 11.2. The van der Waals surface area contributed by atoms with E-state index >= 15 is 0 Å². The maximum absolute atomic E-state index is 12.8. The molecular weight excluding hydrogens is 362 g/mol. The predicted molar refractivity (Wildman–Crippen MR) is 98.2 cm³/mol. The first-order chi connectivity index (χ1) is 13.3. The van der Waals surface area contributed by atoms with E-state index in [-0.39, 0.29) is 36.0 Å². The van der Waals surface area contributed by atoms with E-state index in [0.717, 1.165) is 25.9 Å². The Labute approximate surface area is 165 Å². The van der Waals surface area contributed by atoms with Gasteiger partial charge in [-0.3, -0.25) is 9.69 Å². The number of piperidine rings is 1. The zero-order chi connectivity index (χ0) is 19.8. The first-order valence-corrected chi connectivity index (χ1v) is 10.5. The number of aliphatic hydroxyl groups excluding tert-OH is 1. The van der Waals surface area contributed by atoms with E-state index < -0.39 is 23.9 Å². The summed E-state index contributed by atoms with van der Waals surface area (Å²) < 4.78 is 17.3. The Balaban J connectivity index is 1.53. The van der Waals surface area contributed by atoms with E-state index in [1.165, 1.54) is 0 Å². The molecule has 3 saturated heterocycles. The average Bonchev–Trinajstić information content (AvgIpc) is 3.05. The SMILES string of the molecule is CC1CCN([C@H]2C3=C[C@@H](OC3=O)[C@@H]3C(C)C(=O)O[C@H]3C[C@]3(C)O[C@H]3[C@H]2O)CC1. The Morgan fingerprint density at radius 1 is 1.18 bits per heavy atom. The molecule has 7 heteroatoms. The fraction of sp³-hybridized carbons (Fsp3) is 0.810. The second kappa shape index (κ2) is 6.28. The Morgan fingerprint density at radius 3 is 2.61 bits per heavy atom. The van der Waals surface area contributed by atoms with E-state index in [1.54, 1.807) is 0 Å². The molecule has 4 aliphatic heterocycles. The molecule has 0 amide bonds. The van der Waals surface area contributed by atoms with Crippen molar-refractivity contribution in [3.05, 3.63) is 11.6 Å². The van der Waals surface area contributed by atoms with Crippen molar-refractivity contribution in [3.63, 3.8) is 0 Å². The highest BCUT2D eigenvalue weighted by atomic mass is 16.6. The molecule has 5 rings (SSSR count). The highest BCUT2D eigenvalue weighted by Crippen LogP contribution is 2.50. The number of aliphatic hydroxyl groups is 1. The van der Waals surface area contributed by atoms with E-state index in [0.29, 0.717) is 17.9 Å². The number of carbonyl (C=O) groups is 2. The minimum absolute atomic E-state index is 0.215. The molecule has 8 atom stereocenters. The lowest BCUT2D eigenvalue weighted by Crippen LogP contribution is -2.52. The van der Waals surface area contributed by atoms with Crippen molar-refractivity contribution in [2.45, 2.75) is 76.1 Å². The largest absolute Gasteiger partial charge is 0.462 e. The van der Waals surface area contributed by atoms with E-state index in [1.807, 2.05) is 19.9 Å². The second-order valence-corrected chi connectivity index (χ2v) is 9.54. The van der Waals surface area contributed by atoms with Crippen LogP contribution in [0.1, 0.15) is 40.0 Å². The minimum Gasteiger partial charge on any atom is -0.462 e. The van der Waals surface area contributed by atoms with Crippen molar-refractivity contribution in [2.24, 2.45) is 17.8 Å². The van der Waals surface area contributed by atoms with E-state index in [2.05, 4.69) is 11.8 Å². The molecule has 154 valence electrons. The van der Waals surface area contributed by atoms with Crippen LogP contribution in [0.5, 0.6) is 0 Å². The summed E-state index contributed by atoms with van der Waals surface area (Å²) in [5.41, 5.74) is -0.0360. The Hall–Kier alpha value is -1.44. The fourth-order valence-electron chi connectivity index (χ4n) is 5.69. The second-order valence-electron chi connectivity index (χ2n) is 9.54. The maximum atomic E-state index is 12.8. The van der Waals surface area contributed by atoms with E-state index in [9.17, 15) is 14.7 Å². The summed E-state index contributed by atoms with van der Waals surface area (Å²) in [4.78, 5) is 27.3. The van der Waals surface area contributed by atoms with Gasteiger partial charge in [-0.1, -0.05) is 13.8 Å². The van der Waals surface area contributed by atoms with Crippen LogP contribution < -0.4 is 0 Å². The van der Waals surface area contributed by atoms with Gasteiger partial charge in [0, 0.05) is 12.3 Å². The summed E-state index contributed by atoms with van der Waals surface area (Å²) in [6, 6.07) is -0.429. The van der Waals surface area contributed by atoms with Crippen LogP contribution in [-0.2, 0) is 23.8 Å². The van der Waals surface area contributed by atoms with Gasteiger partial charge in [-0.05, 0) is 44.8 Å². The summed E-state index contributed by atoms with van der Waals surface area (Å²) in [6.07, 6.45) is 2.38. The maximum Gasteiger partial charge on any atom is 0.336 e. The summed E-state index contributed by atoms with van der Waals surface area (Å²) in [7, 11) is 0. The third-order valence-corrected chi connectivity index (χ3v) is 7.56. The lowest BCUT2D eigenvalue weighted by molar-refractivity contribution is -0.144. The molecule has 1 unspecified atom stereocenters. The number of fused-ring (bicyclic) bond motifs is 4. The van der Waals surface area contributed by atoms with Crippen LogP contribution in [0.15, 0.2) is 11.6 Å². The van der Waals surface area contributed by atoms with Crippen LogP contribution in [0.3, 0.4) is 0 Å². The first-order valence-electron chi connectivity index (χ1n) is 10.5. The lowest BCUT2D eigenvalue weighted by atomic mass is 9.79. The number of ether oxygens (including phenoxy) is 3. The molecule has 0 saturated carbocycles. The van der Waals surface area contributed by atoms with E-state index in [4.69, 9.17) is 14.2 Å². The molecule has 1 aliphatic carbocycles. The van der Waals surface area contributed by atoms with Crippen molar-refractivity contribution in [2.75, 3.05) is 13.1 Å². The topological polar surface area (TPSA) is 88.6 Å². The van der Waals surface area contributed by atoms with Gasteiger partial charge in [0.25, 0.3) is 0 Å². The molecule has 0 spiro atoms. The summed E-state index contributed by atoms with van der Waals surface area (Å²) in [6.45, 7) is 7.71. The van der Waals surface area contributed by atoms with Gasteiger partial charge in [-0.25, -0.2) is 4.79 Å². The monoisotopic (exact) mass is 391 g/mol. The van der Waals surface area contributed by atoms with Crippen molar-refractivity contribution in [3.8, 4) is 0 Å². The summed E-state index contributed by atoms with van der Waals surface area (Å²) >= 11 is 0. The Morgan fingerprint density at radius 2 is 1.89 bits per heavy atom. The van der Waals surface area contributed by atoms with Gasteiger partial charge >= 0.3 is 11.9 Å². The highest BCUT2D eigenvalue weighted by molar-refractivity contribution is 5.92. The van der Waals surface area contributed by atoms with Crippen LogP contribution in [0.4, 0.5) is 0 Å². The average molecular weight is 391 g/mol. The number of carbonyl (C=O) groups excluding carboxylic acids is 2. The zero-order valence-corrected chi connectivity index (χ0v) is 16.7. The first kappa shape index (κ1) is 18.6. The van der Waals surface area contributed by atoms with Crippen molar-refractivity contribution >= 4 is 11.9 Å². The molecule has 28 heavy (non-hydrogen) atoms. The Kier molecular flexibility index (Phi) is 4.17. The quantitative estimate of drug-likeness (QED) is 0.528. The van der Waals surface area contributed by atoms with Gasteiger partial charge in [-0.2, -0.15) is 0 Å². The predicted octanol–water partition coefficient (Wildman–Crippen LogP) is 1.04. The number of hydrogen-bond donors (Lipinski definition) is 1. The van der Waals surface area contributed by atoms with Gasteiger partial charge in [0.15, 0.2) is 0 Å². The summed E-state index contributed by atoms with van der Waals surface area (Å²) in [5.74, 6) is -0.543. The van der Waals surface area contributed by atoms with Gasteiger partial charge in [0.2, 0.25) is 0 Å². The third kappa shape index (κ3) is 2.74. The highest BCUT2D eigenvalue weighted by Gasteiger charge is 2.64. The third-order valence-electron chi connectivity index (χ3n) is 7.56. The number of likely N-dealkylation sites (tertiary alicyclic amines) is 1. The molecule has 0 aromatic rings. The molecule has 0 aromatic heterocycles. The molecule has 0 radical (unpaired) electrons. The normalized spacial score (nSPS) is 49.0. The van der Waals surface area contributed by atoms with Crippen LogP contribution in [-0.4, -0.2) is 71.1 Å². The number of rotatable bonds is 1. The van der Waals surface area contributed by atoms with Crippen LogP contribution >= 0.6 is 0 Å². The number of hydrogen-bond acceptors (Lipinski definition) is 7. The zero-order valence-electron chi connectivity index (χ0n) is 16.7. The number of esters is 2. The molecule has 5 aliphatic rings. The number of epoxide rings is 1. The molecule has 2 bridgehead atoms. The van der Waals surface area contributed by atoms with Crippen LogP contribution in [0, 0.1) is 17.8 Å². The van der Waals surface area contributed by atoms with Crippen LogP contribution in [0.25, 0.3) is 0 Å². The molecule has 1 N–H and O–H groups in total. The number of nitrogens with zero attached hydrogens (tertiary/aromatic N) is 1. The van der Waals surface area contributed by atoms with Crippen molar-refractivity contribution < 1.29 is 28.9 Å². The molecule has 7 nitrogen and oxygen atoms in total. The van der Waals surface area contributed by atoms with Gasteiger partial charge in [0.05, 0.1) is 23.1 Å². The smallest absolute Gasteiger partial charge is 0.336 e. The lowest BCUT2D eigenvalue weighted by Gasteiger charge is -2.39.